The normalized spacial score (nSPS) is 10.6. The molecule has 0 aliphatic rings. The number of methoxy groups -OCH3 is 1. The van der Waals surface area contributed by atoms with E-state index in [4.69, 9.17) is 14.6 Å². The summed E-state index contributed by atoms with van der Waals surface area (Å²) >= 11 is 0. The molecule has 0 heterocycles. The fraction of sp³-hybridized carbons (Fsp3) is 0.120. The van der Waals surface area contributed by atoms with E-state index in [1.165, 1.54) is 31.4 Å². The summed E-state index contributed by atoms with van der Waals surface area (Å²) < 4.78 is 11.6. The molecule has 0 fully saturated rings. The van der Waals surface area contributed by atoms with E-state index < -0.39 is 10.9 Å². The Balaban J connectivity index is 1.76. The van der Waals surface area contributed by atoms with Crippen molar-refractivity contribution in [3.8, 4) is 11.5 Å². The highest BCUT2D eigenvalue weighted by molar-refractivity contribution is 5.87. The van der Waals surface area contributed by atoms with Crippen LogP contribution in [0.15, 0.2) is 78.4 Å². The van der Waals surface area contributed by atoms with E-state index in [-0.39, 0.29) is 17.9 Å². The number of nitrogens with one attached hydrogen (secondary N) is 1. The Morgan fingerprint density at radius 1 is 1.18 bits per heavy atom. The molecule has 0 unspecified atom stereocenters. The number of allylic oxidation sites excluding steroid dienone is 1. The zero-order chi connectivity index (χ0) is 24.5. The van der Waals surface area contributed by atoms with Crippen molar-refractivity contribution >= 4 is 23.6 Å². The summed E-state index contributed by atoms with van der Waals surface area (Å²) in [7, 11) is 1.54. The number of hydrogen-bond acceptors (Lipinski definition) is 7. The van der Waals surface area contributed by atoms with Crippen molar-refractivity contribution in [2.45, 2.75) is 13.0 Å². The first-order chi connectivity index (χ1) is 16.4. The monoisotopic (exact) mass is 461 g/mol. The number of benzene rings is 3. The maximum atomic E-state index is 11.0. The highest BCUT2D eigenvalue weighted by Crippen LogP contribution is 2.34. The number of hydrogen-bond donors (Lipinski definition) is 2. The maximum Gasteiger partial charge on any atom is 0.335 e. The number of ether oxygens (including phenoxy) is 2. The highest BCUT2D eigenvalue weighted by atomic mass is 16.6. The lowest BCUT2D eigenvalue weighted by atomic mass is 10.1. The van der Waals surface area contributed by atoms with Gasteiger partial charge in [-0.15, -0.1) is 6.58 Å². The SMILES string of the molecule is C=CCc1cc(/C=N\Nc2ccc([N+](=O)[O-])cc2)cc(OC)c1OCc1ccc(C(=O)O)cc1. The summed E-state index contributed by atoms with van der Waals surface area (Å²) in [6, 6.07) is 16.1. The second-order valence-electron chi connectivity index (χ2n) is 7.17. The molecule has 0 spiro atoms. The van der Waals surface area contributed by atoms with Crippen molar-refractivity contribution in [2.24, 2.45) is 5.10 Å². The molecule has 3 aromatic carbocycles. The van der Waals surface area contributed by atoms with E-state index in [0.717, 1.165) is 16.7 Å². The fourth-order valence-electron chi connectivity index (χ4n) is 3.12. The summed E-state index contributed by atoms with van der Waals surface area (Å²) in [6.45, 7) is 4.03. The number of aromatic carboxylic acids is 1. The lowest BCUT2D eigenvalue weighted by Gasteiger charge is -2.16. The summed E-state index contributed by atoms with van der Waals surface area (Å²) in [4.78, 5) is 21.3. The number of carboxylic acid groups (broad SMARTS) is 1. The lowest BCUT2D eigenvalue weighted by molar-refractivity contribution is -0.384. The predicted octanol–water partition coefficient (Wildman–Crippen LogP) is 5.06. The van der Waals surface area contributed by atoms with E-state index in [9.17, 15) is 14.9 Å². The number of carboxylic acids is 1. The molecule has 3 rings (SSSR count). The molecule has 9 heteroatoms. The van der Waals surface area contributed by atoms with Crippen molar-refractivity contribution in [3.05, 3.63) is 106 Å². The van der Waals surface area contributed by atoms with Crippen molar-refractivity contribution < 1.29 is 24.3 Å². The Kier molecular flexibility index (Phi) is 7.96. The third-order valence-electron chi connectivity index (χ3n) is 4.81. The van der Waals surface area contributed by atoms with Crippen LogP contribution in [0.3, 0.4) is 0 Å². The van der Waals surface area contributed by atoms with Gasteiger partial charge >= 0.3 is 5.97 Å². The summed E-state index contributed by atoms with van der Waals surface area (Å²) in [6.07, 6.45) is 3.88. The molecule has 0 saturated heterocycles. The number of nitro groups is 1. The van der Waals surface area contributed by atoms with Gasteiger partial charge in [-0.05, 0) is 53.9 Å². The van der Waals surface area contributed by atoms with Gasteiger partial charge in [0.2, 0.25) is 0 Å². The maximum absolute atomic E-state index is 11.0. The molecule has 0 radical (unpaired) electrons. The molecular weight excluding hydrogens is 438 g/mol. The fourth-order valence-corrected chi connectivity index (χ4v) is 3.12. The van der Waals surface area contributed by atoms with Crippen molar-refractivity contribution in [3.63, 3.8) is 0 Å². The van der Waals surface area contributed by atoms with Crippen LogP contribution in [-0.4, -0.2) is 29.3 Å². The highest BCUT2D eigenvalue weighted by Gasteiger charge is 2.13. The van der Waals surface area contributed by atoms with Gasteiger partial charge in [0.1, 0.15) is 6.61 Å². The van der Waals surface area contributed by atoms with Crippen LogP contribution in [-0.2, 0) is 13.0 Å². The second-order valence-corrected chi connectivity index (χ2v) is 7.17. The third-order valence-corrected chi connectivity index (χ3v) is 4.81. The molecule has 0 saturated carbocycles. The van der Waals surface area contributed by atoms with Crippen molar-refractivity contribution in [1.29, 1.82) is 0 Å². The van der Waals surface area contributed by atoms with Crippen LogP contribution >= 0.6 is 0 Å². The summed E-state index contributed by atoms with van der Waals surface area (Å²) in [5.41, 5.74) is 6.06. The van der Waals surface area contributed by atoms with Gasteiger partial charge in [-0.3, -0.25) is 15.5 Å². The minimum absolute atomic E-state index is 0.00162. The molecule has 9 nitrogen and oxygen atoms in total. The number of nitro benzene ring substituents is 1. The van der Waals surface area contributed by atoms with Gasteiger partial charge in [0.05, 0.1) is 29.5 Å². The van der Waals surface area contributed by atoms with E-state index in [0.29, 0.717) is 23.6 Å². The van der Waals surface area contributed by atoms with Crippen molar-refractivity contribution in [2.75, 3.05) is 12.5 Å². The van der Waals surface area contributed by atoms with Gasteiger partial charge in [-0.25, -0.2) is 4.79 Å². The first kappa shape index (κ1) is 24.0. The first-order valence-electron chi connectivity index (χ1n) is 10.2. The zero-order valence-corrected chi connectivity index (χ0v) is 18.4. The van der Waals surface area contributed by atoms with Gasteiger partial charge in [0.25, 0.3) is 5.69 Å². The predicted molar refractivity (Wildman–Crippen MR) is 129 cm³/mol. The smallest absolute Gasteiger partial charge is 0.335 e. The number of carbonyl (C=O) groups is 1. The Labute approximate surface area is 196 Å². The van der Waals surface area contributed by atoms with Crippen LogP contribution in [0.2, 0.25) is 0 Å². The van der Waals surface area contributed by atoms with E-state index in [2.05, 4.69) is 17.1 Å². The van der Waals surface area contributed by atoms with Crippen LogP contribution in [0.5, 0.6) is 11.5 Å². The van der Waals surface area contributed by atoms with E-state index >= 15 is 0 Å². The summed E-state index contributed by atoms with van der Waals surface area (Å²) in [5, 5.41) is 24.0. The van der Waals surface area contributed by atoms with Crippen LogP contribution < -0.4 is 14.9 Å². The zero-order valence-electron chi connectivity index (χ0n) is 18.4. The molecule has 3 aromatic rings. The molecule has 174 valence electrons. The second kappa shape index (κ2) is 11.3. The topological polar surface area (TPSA) is 123 Å². The Hall–Kier alpha value is -4.66. The van der Waals surface area contributed by atoms with Crippen LogP contribution in [0.4, 0.5) is 11.4 Å². The quantitative estimate of drug-likeness (QED) is 0.177. The molecule has 2 N–H and O–H groups in total. The molecule has 0 atom stereocenters. The van der Waals surface area contributed by atoms with Crippen LogP contribution in [0.25, 0.3) is 0 Å². The minimum atomic E-state index is -0.984. The molecule has 0 bridgehead atoms. The van der Waals surface area contributed by atoms with Gasteiger partial charge in [-0.2, -0.15) is 5.10 Å². The molecular formula is C25H23N3O6. The van der Waals surface area contributed by atoms with Gasteiger partial charge in [0, 0.05) is 17.7 Å². The van der Waals surface area contributed by atoms with E-state index in [1.54, 1.807) is 42.6 Å². The largest absolute Gasteiger partial charge is 0.493 e. The first-order valence-corrected chi connectivity index (χ1v) is 10.2. The molecule has 0 amide bonds. The molecule has 34 heavy (non-hydrogen) atoms. The Morgan fingerprint density at radius 3 is 2.47 bits per heavy atom. The van der Waals surface area contributed by atoms with Gasteiger partial charge in [0.15, 0.2) is 11.5 Å². The van der Waals surface area contributed by atoms with Crippen LogP contribution in [0.1, 0.15) is 27.0 Å². The average molecular weight is 461 g/mol. The number of non-ortho nitro benzene ring substituents is 1. The van der Waals surface area contributed by atoms with Gasteiger partial charge in [-0.1, -0.05) is 18.2 Å². The van der Waals surface area contributed by atoms with Crippen molar-refractivity contribution in [1.82, 2.24) is 0 Å². The standard InChI is InChI=1S/C25H23N3O6/c1-3-4-20-13-18(15-26-27-21-9-11-22(12-10-21)28(31)32)14-23(33-2)24(20)34-16-17-5-7-19(8-6-17)25(29)30/h3,5-15,27H,1,4,16H2,2H3,(H,29,30)/b26-15-. The Morgan fingerprint density at radius 2 is 1.88 bits per heavy atom. The number of hydrazone groups is 1. The molecule has 0 aliphatic heterocycles. The number of nitrogens with zero attached hydrogens (tertiary/aromatic N) is 2. The van der Waals surface area contributed by atoms with E-state index in [1.807, 2.05) is 6.07 Å². The number of rotatable bonds is 11. The lowest BCUT2D eigenvalue weighted by Crippen LogP contribution is -2.03. The average Bonchev–Trinajstić information content (AvgIpc) is 2.84. The minimum Gasteiger partial charge on any atom is -0.493 e. The summed E-state index contributed by atoms with van der Waals surface area (Å²) in [5.74, 6) is 0.0891. The molecule has 0 aromatic heterocycles. The Bertz CT molecular complexity index is 1200. The number of anilines is 1. The third kappa shape index (κ3) is 6.19. The van der Waals surface area contributed by atoms with Crippen LogP contribution in [0, 0.1) is 10.1 Å². The van der Waals surface area contributed by atoms with Gasteiger partial charge < -0.3 is 14.6 Å². The molecule has 0 aliphatic carbocycles.